The van der Waals surface area contributed by atoms with E-state index in [0.717, 1.165) is 5.69 Å². The maximum absolute atomic E-state index is 12.5. The van der Waals surface area contributed by atoms with E-state index in [1.54, 1.807) is 4.90 Å². The molecule has 1 aliphatic heterocycles. The average molecular weight is 313 g/mol. The molecule has 2 heterocycles. The topological polar surface area (TPSA) is 93.4 Å². The van der Waals surface area contributed by atoms with Crippen molar-refractivity contribution in [2.24, 2.45) is 5.73 Å². The molecule has 23 heavy (non-hydrogen) atoms. The van der Waals surface area contributed by atoms with E-state index < -0.39 is 0 Å². The van der Waals surface area contributed by atoms with Crippen LogP contribution in [0.2, 0.25) is 0 Å². The maximum atomic E-state index is 12.5. The number of para-hydroxylation sites is 1. The minimum Gasteiger partial charge on any atom is -0.373 e. The summed E-state index contributed by atoms with van der Waals surface area (Å²) in [6, 6.07) is 9.62. The fourth-order valence-corrected chi connectivity index (χ4v) is 2.38. The highest BCUT2D eigenvalue weighted by atomic mass is 16.5. The monoisotopic (exact) mass is 313 g/mol. The van der Waals surface area contributed by atoms with E-state index >= 15 is 0 Å². The molecular weight excluding hydrogens is 294 g/mol. The van der Waals surface area contributed by atoms with Crippen LogP contribution >= 0.6 is 0 Å². The molecule has 0 spiro atoms. The number of nitrogens with two attached hydrogens (primary N) is 1. The van der Waals surface area contributed by atoms with Crippen LogP contribution in [0.15, 0.2) is 42.7 Å². The van der Waals surface area contributed by atoms with Crippen molar-refractivity contribution < 1.29 is 9.53 Å². The third-order valence-corrected chi connectivity index (χ3v) is 3.62. The number of carbonyl (C=O) groups excluding carboxylic acids is 1. The Morgan fingerprint density at radius 3 is 2.74 bits per heavy atom. The zero-order chi connectivity index (χ0) is 16.1. The molecule has 1 saturated heterocycles. The van der Waals surface area contributed by atoms with Crippen molar-refractivity contribution in [2.45, 2.75) is 6.10 Å². The van der Waals surface area contributed by atoms with Crippen molar-refractivity contribution in [2.75, 3.05) is 31.6 Å². The van der Waals surface area contributed by atoms with Gasteiger partial charge in [0.15, 0.2) is 0 Å². The van der Waals surface area contributed by atoms with Gasteiger partial charge in [0.25, 0.3) is 5.91 Å². The SMILES string of the molecule is NCC1CN(C(=O)c2cnc(Nc3ccccc3)nc2)CCO1. The molecule has 1 fully saturated rings. The van der Waals surface area contributed by atoms with Crippen molar-refractivity contribution in [3.8, 4) is 0 Å². The van der Waals surface area contributed by atoms with Gasteiger partial charge in [0, 0.05) is 37.7 Å². The van der Waals surface area contributed by atoms with Crippen LogP contribution in [0.4, 0.5) is 11.6 Å². The number of rotatable bonds is 4. The summed E-state index contributed by atoms with van der Waals surface area (Å²) in [6.45, 7) is 1.96. The Bertz CT molecular complexity index is 647. The summed E-state index contributed by atoms with van der Waals surface area (Å²) < 4.78 is 5.47. The molecule has 0 radical (unpaired) electrons. The number of hydrogen-bond donors (Lipinski definition) is 2. The van der Waals surface area contributed by atoms with Crippen LogP contribution in [0.25, 0.3) is 0 Å². The van der Waals surface area contributed by atoms with E-state index in [1.165, 1.54) is 12.4 Å². The van der Waals surface area contributed by atoms with Crippen molar-refractivity contribution in [3.05, 3.63) is 48.3 Å². The number of benzene rings is 1. The Morgan fingerprint density at radius 1 is 1.30 bits per heavy atom. The zero-order valence-corrected chi connectivity index (χ0v) is 12.7. The summed E-state index contributed by atoms with van der Waals surface area (Å²) >= 11 is 0. The highest BCUT2D eigenvalue weighted by Gasteiger charge is 2.24. The maximum Gasteiger partial charge on any atom is 0.257 e. The third kappa shape index (κ3) is 3.82. The number of ether oxygens (including phenoxy) is 1. The normalized spacial score (nSPS) is 17.8. The van der Waals surface area contributed by atoms with Gasteiger partial charge < -0.3 is 20.7 Å². The number of carbonyl (C=O) groups is 1. The summed E-state index contributed by atoms with van der Waals surface area (Å²) in [6.07, 6.45) is 2.97. The van der Waals surface area contributed by atoms with Crippen LogP contribution < -0.4 is 11.1 Å². The molecule has 3 rings (SSSR count). The lowest BCUT2D eigenvalue weighted by molar-refractivity contribution is -0.0167. The number of morpholine rings is 1. The lowest BCUT2D eigenvalue weighted by atomic mass is 10.2. The molecule has 1 aromatic heterocycles. The molecule has 0 saturated carbocycles. The van der Waals surface area contributed by atoms with Gasteiger partial charge in [0.1, 0.15) is 0 Å². The molecule has 0 bridgehead atoms. The van der Waals surface area contributed by atoms with Gasteiger partial charge in [0.05, 0.1) is 18.3 Å². The molecule has 1 aliphatic rings. The Labute approximate surface area is 134 Å². The number of nitrogens with one attached hydrogen (secondary N) is 1. The van der Waals surface area contributed by atoms with Crippen LogP contribution in [0, 0.1) is 0 Å². The predicted molar refractivity (Wildman–Crippen MR) is 86.5 cm³/mol. The molecule has 7 nitrogen and oxygen atoms in total. The Balaban J connectivity index is 1.65. The predicted octanol–water partition coefficient (Wildman–Crippen LogP) is 1.02. The molecule has 0 aliphatic carbocycles. The number of amides is 1. The molecule has 3 N–H and O–H groups in total. The number of anilines is 2. The molecule has 1 aromatic carbocycles. The van der Waals surface area contributed by atoms with Gasteiger partial charge in [-0.3, -0.25) is 4.79 Å². The summed E-state index contributed by atoms with van der Waals surface area (Å²) in [5.41, 5.74) is 6.96. The van der Waals surface area contributed by atoms with Crippen LogP contribution in [0.3, 0.4) is 0 Å². The quantitative estimate of drug-likeness (QED) is 0.875. The summed E-state index contributed by atoms with van der Waals surface area (Å²) in [4.78, 5) is 22.6. The fourth-order valence-electron chi connectivity index (χ4n) is 2.38. The number of hydrogen-bond acceptors (Lipinski definition) is 6. The van der Waals surface area contributed by atoms with Crippen LogP contribution in [0.1, 0.15) is 10.4 Å². The lowest BCUT2D eigenvalue weighted by Crippen LogP contribution is -2.48. The smallest absolute Gasteiger partial charge is 0.257 e. The number of nitrogens with zero attached hydrogens (tertiary/aromatic N) is 3. The molecule has 1 unspecified atom stereocenters. The van der Waals surface area contributed by atoms with Crippen LogP contribution in [-0.2, 0) is 4.74 Å². The Morgan fingerprint density at radius 2 is 2.04 bits per heavy atom. The van der Waals surface area contributed by atoms with Crippen LogP contribution in [0.5, 0.6) is 0 Å². The molecular formula is C16H19N5O2. The standard InChI is InChI=1S/C16H19N5O2/c17-8-14-11-21(6-7-23-14)15(22)12-9-18-16(19-10-12)20-13-4-2-1-3-5-13/h1-5,9-10,14H,6-8,11,17H2,(H,18,19,20). The molecule has 1 amide bonds. The molecule has 120 valence electrons. The van der Waals surface area contributed by atoms with E-state index in [9.17, 15) is 4.79 Å². The van der Waals surface area contributed by atoms with Crippen molar-refractivity contribution in [1.29, 1.82) is 0 Å². The Hall–Kier alpha value is -2.51. The van der Waals surface area contributed by atoms with E-state index in [4.69, 9.17) is 10.5 Å². The van der Waals surface area contributed by atoms with Gasteiger partial charge in [0.2, 0.25) is 5.95 Å². The molecule has 2 aromatic rings. The summed E-state index contributed by atoms with van der Waals surface area (Å²) in [5, 5.41) is 3.08. The van der Waals surface area contributed by atoms with Gasteiger partial charge in [-0.2, -0.15) is 0 Å². The van der Waals surface area contributed by atoms with E-state index in [-0.39, 0.29) is 12.0 Å². The summed E-state index contributed by atoms with van der Waals surface area (Å²) in [5.74, 6) is 0.354. The second kappa shape index (κ2) is 7.17. The molecule has 7 heteroatoms. The minimum atomic E-state index is -0.104. The molecule has 1 atom stereocenters. The average Bonchev–Trinajstić information content (AvgIpc) is 2.63. The van der Waals surface area contributed by atoms with Crippen molar-refractivity contribution in [3.63, 3.8) is 0 Å². The first kappa shape index (κ1) is 15.4. The zero-order valence-electron chi connectivity index (χ0n) is 12.7. The first-order valence-corrected chi connectivity index (χ1v) is 7.51. The van der Waals surface area contributed by atoms with E-state index in [1.807, 2.05) is 30.3 Å². The van der Waals surface area contributed by atoms with E-state index in [2.05, 4.69) is 15.3 Å². The van der Waals surface area contributed by atoms with Gasteiger partial charge >= 0.3 is 0 Å². The van der Waals surface area contributed by atoms with Crippen molar-refractivity contribution >= 4 is 17.5 Å². The number of aromatic nitrogens is 2. The lowest BCUT2D eigenvalue weighted by Gasteiger charge is -2.32. The highest BCUT2D eigenvalue weighted by Crippen LogP contribution is 2.13. The summed E-state index contributed by atoms with van der Waals surface area (Å²) in [7, 11) is 0. The van der Waals surface area contributed by atoms with Crippen molar-refractivity contribution in [1.82, 2.24) is 14.9 Å². The van der Waals surface area contributed by atoms with Gasteiger partial charge in [-0.05, 0) is 12.1 Å². The van der Waals surface area contributed by atoms with Crippen LogP contribution in [-0.4, -0.2) is 53.1 Å². The second-order valence-corrected chi connectivity index (χ2v) is 5.27. The van der Waals surface area contributed by atoms with Gasteiger partial charge in [-0.25, -0.2) is 9.97 Å². The second-order valence-electron chi connectivity index (χ2n) is 5.27. The third-order valence-electron chi connectivity index (χ3n) is 3.62. The Kier molecular flexibility index (Phi) is 4.80. The highest BCUT2D eigenvalue weighted by molar-refractivity contribution is 5.93. The van der Waals surface area contributed by atoms with E-state index in [0.29, 0.717) is 37.8 Å². The fraction of sp³-hybridized carbons (Fsp3) is 0.312. The minimum absolute atomic E-state index is 0.0991. The largest absolute Gasteiger partial charge is 0.373 e. The first-order chi connectivity index (χ1) is 11.3. The first-order valence-electron chi connectivity index (χ1n) is 7.51. The van der Waals surface area contributed by atoms with Gasteiger partial charge in [-0.15, -0.1) is 0 Å². The van der Waals surface area contributed by atoms with Gasteiger partial charge in [-0.1, -0.05) is 18.2 Å².